The van der Waals surface area contributed by atoms with Crippen molar-refractivity contribution in [1.82, 2.24) is 4.90 Å². The second-order valence-corrected chi connectivity index (χ2v) is 7.62. The maximum Gasteiger partial charge on any atom is 0.305 e. The predicted molar refractivity (Wildman–Crippen MR) is 100 cm³/mol. The number of rotatable bonds is 2. The van der Waals surface area contributed by atoms with Gasteiger partial charge < -0.3 is 10.1 Å². The van der Waals surface area contributed by atoms with Crippen LogP contribution < -0.4 is 5.32 Å². The number of fused-ring (bicyclic) bond motifs is 2. The van der Waals surface area contributed by atoms with Gasteiger partial charge in [0.05, 0.1) is 0 Å². The van der Waals surface area contributed by atoms with Crippen LogP contribution in [0.1, 0.15) is 51.5 Å². The molecule has 2 atom stereocenters. The summed E-state index contributed by atoms with van der Waals surface area (Å²) < 4.78 is 6.08. The van der Waals surface area contributed by atoms with Gasteiger partial charge in [-0.2, -0.15) is 0 Å². The number of nitrogens with zero attached hydrogens (tertiary/aromatic N) is 1. The van der Waals surface area contributed by atoms with Crippen LogP contribution in [0.15, 0.2) is 30.3 Å². The number of para-hydroxylation sites is 1. The molecule has 0 aliphatic carbocycles. The SMILES string of the molecule is CC[C@@]12CCCN3C(=O)C=C(c4ccccc4NC(=O)CC1)[C@]32OC(C)=O. The van der Waals surface area contributed by atoms with Crippen molar-refractivity contribution in [3.8, 4) is 0 Å². The minimum absolute atomic E-state index is 0.0581. The molecule has 0 unspecified atom stereocenters. The van der Waals surface area contributed by atoms with E-state index >= 15 is 0 Å². The average Bonchev–Trinajstić information content (AvgIpc) is 2.94. The molecule has 1 N–H and O–H groups in total. The van der Waals surface area contributed by atoms with Crippen molar-refractivity contribution in [1.29, 1.82) is 0 Å². The molecule has 142 valence electrons. The zero-order valence-electron chi connectivity index (χ0n) is 15.7. The van der Waals surface area contributed by atoms with Crippen molar-refractivity contribution in [3.63, 3.8) is 0 Å². The zero-order valence-corrected chi connectivity index (χ0v) is 15.7. The first-order valence-electron chi connectivity index (χ1n) is 9.56. The van der Waals surface area contributed by atoms with Crippen LogP contribution in [-0.4, -0.2) is 35.0 Å². The van der Waals surface area contributed by atoms with Gasteiger partial charge in [0.25, 0.3) is 0 Å². The summed E-state index contributed by atoms with van der Waals surface area (Å²) in [7, 11) is 0. The predicted octanol–water partition coefficient (Wildman–Crippen LogP) is 3.09. The minimum Gasteiger partial charge on any atom is -0.434 e. The van der Waals surface area contributed by atoms with Gasteiger partial charge in [-0.25, -0.2) is 0 Å². The number of carbonyl (C=O) groups excluding carboxylic acids is 3. The number of amides is 2. The molecule has 1 aromatic carbocycles. The third-order valence-corrected chi connectivity index (χ3v) is 6.33. The number of carbonyl (C=O) groups is 3. The summed E-state index contributed by atoms with van der Waals surface area (Å²) in [6.45, 7) is 3.98. The Balaban J connectivity index is 2.04. The summed E-state index contributed by atoms with van der Waals surface area (Å²) in [5, 5.41) is 2.97. The molecule has 0 spiro atoms. The smallest absolute Gasteiger partial charge is 0.305 e. The van der Waals surface area contributed by atoms with Gasteiger partial charge in [0, 0.05) is 48.2 Å². The molecule has 6 heteroatoms. The third kappa shape index (κ3) is 2.42. The Kier molecular flexibility index (Phi) is 4.09. The van der Waals surface area contributed by atoms with E-state index in [9.17, 15) is 14.4 Å². The molecule has 4 rings (SSSR count). The van der Waals surface area contributed by atoms with Crippen LogP contribution in [-0.2, 0) is 19.1 Å². The highest BCUT2D eigenvalue weighted by Crippen LogP contribution is 2.59. The fourth-order valence-corrected chi connectivity index (χ4v) is 5.15. The first-order valence-corrected chi connectivity index (χ1v) is 9.56. The van der Waals surface area contributed by atoms with Crippen molar-refractivity contribution in [3.05, 3.63) is 35.9 Å². The van der Waals surface area contributed by atoms with Crippen molar-refractivity contribution in [2.75, 3.05) is 11.9 Å². The maximum atomic E-state index is 13.0. The van der Waals surface area contributed by atoms with Crippen LogP contribution in [0.4, 0.5) is 5.69 Å². The highest BCUT2D eigenvalue weighted by atomic mass is 16.6. The Labute approximate surface area is 158 Å². The molecule has 3 aliphatic rings. The van der Waals surface area contributed by atoms with Crippen LogP contribution in [0.2, 0.25) is 0 Å². The summed E-state index contributed by atoms with van der Waals surface area (Å²) in [6.07, 6.45) is 4.80. The number of benzene rings is 1. The van der Waals surface area contributed by atoms with Crippen LogP contribution in [0.25, 0.3) is 5.57 Å². The van der Waals surface area contributed by atoms with E-state index in [2.05, 4.69) is 12.2 Å². The zero-order chi connectivity index (χ0) is 19.2. The van der Waals surface area contributed by atoms with Crippen molar-refractivity contribution < 1.29 is 19.1 Å². The van der Waals surface area contributed by atoms with Gasteiger partial charge in [0.15, 0.2) is 0 Å². The number of ether oxygens (including phenoxy) is 1. The molecule has 3 aliphatic heterocycles. The van der Waals surface area contributed by atoms with E-state index in [1.165, 1.54) is 6.92 Å². The van der Waals surface area contributed by atoms with E-state index in [4.69, 9.17) is 4.74 Å². The molecule has 0 radical (unpaired) electrons. The Hall–Kier alpha value is -2.63. The molecule has 1 saturated heterocycles. The van der Waals surface area contributed by atoms with Gasteiger partial charge >= 0.3 is 5.97 Å². The van der Waals surface area contributed by atoms with Crippen molar-refractivity contribution >= 4 is 29.0 Å². The normalized spacial score (nSPS) is 29.6. The van der Waals surface area contributed by atoms with E-state index in [1.54, 1.807) is 11.0 Å². The lowest BCUT2D eigenvalue weighted by Gasteiger charge is -2.56. The number of hydrogen-bond acceptors (Lipinski definition) is 4. The highest BCUT2D eigenvalue weighted by molar-refractivity contribution is 6.07. The summed E-state index contributed by atoms with van der Waals surface area (Å²) in [5.41, 5.74) is 0.411. The largest absolute Gasteiger partial charge is 0.434 e. The number of esters is 1. The molecule has 2 amide bonds. The summed E-state index contributed by atoms with van der Waals surface area (Å²) >= 11 is 0. The van der Waals surface area contributed by atoms with Gasteiger partial charge in [-0.15, -0.1) is 0 Å². The average molecular weight is 368 g/mol. The fourth-order valence-electron chi connectivity index (χ4n) is 5.15. The summed E-state index contributed by atoms with van der Waals surface area (Å²) in [6, 6.07) is 7.42. The Bertz CT molecular complexity index is 861. The number of anilines is 1. The number of hydrogen-bond donors (Lipinski definition) is 1. The molecule has 6 nitrogen and oxygen atoms in total. The lowest BCUT2D eigenvalue weighted by atomic mass is 9.63. The Morgan fingerprint density at radius 3 is 2.78 bits per heavy atom. The molecular formula is C21H24N2O4. The third-order valence-electron chi connectivity index (χ3n) is 6.33. The highest BCUT2D eigenvalue weighted by Gasteiger charge is 2.65. The Morgan fingerprint density at radius 2 is 2.04 bits per heavy atom. The first-order chi connectivity index (χ1) is 12.9. The van der Waals surface area contributed by atoms with E-state index in [0.29, 0.717) is 37.1 Å². The van der Waals surface area contributed by atoms with Crippen LogP contribution in [0, 0.1) is 5.41 Å². The van der Waals surface area contributed by atoms with Gasteiger partial charge in [-0.05, 0) is 31.7 Å². The summed E-state index contributed by atoms with van der Waals surface area (Å²) in [4.78, 5) is 39.5. The lowest BCUT2D eigenvalue weighted by molar-refractivity contribution is -0.210. The quantitative estimate of drug-likeness (QED) is 0.814. The van der Waals surface area contributed by atoms with Crippen molar-refractivity contribution in [2.24, 2.45) is 5.41 Å². The molecular weight excluding hydrogens is 344 g/mol. The molecule has 27 heavy (non-hydrogen) atoms. The molecule has 0 saturated carbocycles. The topological polar surface area (TPSA) is 75.7 Å². The van der Waals surface area contributed by atoms with Gasteiger partial charge in [0.1, 0.15) is 0 Å². The van der Waals surface area contributed by atoms with E-state index in [0.717, 1.165) is 18.4 Å². The lowest BCUT2D eigenvalue weighted by Crippen LogP contribution is -2.64. The molecule has 0 bridgehead atoms. The van der Waals surface area contributed by atoms with E-state index < -0.39 is 17.1 Å². The molecule has 1 fully saturated rings. The van der Waals surface area contributed by atoms with Crippen LogP contribution >= 0.6 is 0 Å². The fraction of sp³-hybridized carbons (Fsp3) is 0.476. The minimum atomic E-state index is -1.16. The van der Waals surface area contributed by atoms with E-state index in [1.807, 2.05) is 24.3 Å². The first kappa shape index (κ1) is 17.8. The van der Waals surface area contributed by atoms with Crippen LogP contribution in [0.3, 0.4) is 0 Å². The Morgan fingerprint density at radius 1 is 1.26 bits per heavy atom. The summed E-state index contributed by atoms with van der Waals surface area (Å²) in [5.74, 6) is -0.612. The second kappa shape index (κ2) is 6.22. The van der Waals surface area contributed by atoms with Gasteiger partial charge in [-0.1, -0.05) is 25.1 Å². The standard InChI is InChI=1S/C21H24N2O4/c1-3-20-10-6-12-23-19(26)13-16(21(20,23)27-14(2)24)15-7-4-5-8-17(15)22-18(25)9-11-20/h4-5,7-8,13H,3,6,9-12H2,1-2H3,(H,22,25)/t20-,21-/m1/s1. The maximum absolute atomic E-state index is 13.0. The second-order valence-electron chi connectivity index (χ2n) is 7.62. The van der Waals surface area contributed by atoms with Gasteiger partial charge in [0.2, 0.25) is 17.5 Å². The van der Waals surface area contributed by atoms with Crippen molar-refractivity contribution in [2.45, 2.75) is 51.7 Å². The van der Waals surface area contributed by atoms with Gasteiger partial charge in [-0.3, -0.25) is 19.3 Å². The number of nitrogens with one attached hydrogen (secondary N) is 1. The monoisotopic (exact) mass is 368 g/mol. The molecule has 3 heterocycles. The van der Waals surface area contributed by atoms with Crippen LogP contribution in [0.5, 0.6) is 0 Å². The van der Waals surface area contributed by atoms with E-state index in [-0.39, 0.29) is 11.8 Å². The molecule has 1 aromatic rings. The molecule has 0 aromatic heterocycles. The number of piperidine rings is 1.